The second-order valence-corrected chi connectivity index (χ2v) is 6.03. The lowest BCUT2D eigenvalue weighted by molar-refractivity contribution is -0.145. The Bertz CT molecular complexity index is 628. The summed E-state index contributed by atoms with van der Waals surface area (Å²) in [7, 11) is 0. The Kier molecular flexibility index (Phi) is 4.32. The van der Waals surface area contributed by atoms with Crippen LogP contribution in [0.3, 0.4) is 0 Å². The van der Waals surface area contributed by atoms with Gasteiger partial charge in [0.2, 0.25) is 12.0 Å². The van der Waals surface area contributed by atoms with Gasteiger partial charge in [0.25, 0.3) is 0 Å². The molecule has 0 radical (unpaired) electrons. The van der Waals surface area contributed by atoms with Crippen LogP contribution in [0.4, 0.5) is 4.39 Å². The normalized spacial score (nSPS) is 26.0. The van der Waals surface area contributed by atoms with Gasteiger partial charge >= 0.3 is 5.97 Å². The number of allylic oxidation sites excluding steroid dienone is 2. The number of hydrogen-bond donors (Lipinski definition) is 2. The summed E-state index contributed by atoms with van der Waals surface area (Å²) in [5, 5.41) is 11.9. The van der Waals surface area contributed by atoms with Crippen LogP contribution in [0.2, 0.25) is 0 Å². The van der Waals surface area contributed by atoms with Crippen LogP contribution in [0.5, 0.6) is 5.75 Å². The lowest BCUT2D eigenvalue weighted by atomic mass is 9.93. The summed E-state index contributed by atoms with van der Waals surface area (Å²) in [6.07, 6.45) is 4.84. The first kappa shape index (κ1) is 15.5. The third-order valence-electron chi connectivity index (χ3n) is 4.44. The summed E-state index contributed by atoms with van der Waals surface area (Å²) in [6.45, 7) is -0.122. The third-order valence-corrected chi connectivity index (χ3v) is 4.44. The van der Waals surface area contributed by atoms with Crippen molar-refractivity contribution in [2.45, 2.75) is 18.9 Å². The number of halogens is 1. The van der Waals surface area contributed by atoms with Crippen molar-refractivity contribution in [3.05, 3.63) is 42.2 Å². The summed E-state index contributed by atoms with van der Waals surface area (Å²) in [5.41, 5.74) is 0. The highest BCUT2D eigenvalue weighted by molar-refractivity contribution is 5.81. The van der Waals surface area contributed by atoms with Gasteiger partial charge in [-0.2, -0.15) is 0 Å². The Labute approximate surface area is 133 Å². The van der Waals surface area contributed by atoms with E-state index >= 15 is 0 Å². The van der Waals surface area contributed by atoms with Gasteiger partial charge in [0.1, 0.15) is 11.6 Å². The monoisotopic (exact) mass is 319 g/mol. The van der Waals surface area contributed by atoms with Crippen LogP contribution >= 0.6 is 0 Å². The SMILES string of the molecule is O=C(O)C(CNC(=O)C1CC2C=CC1C2)Oc1ccc(F)cc1. The standard InChI is InChI=1S/C17H18FNO4/c18-12-3-5-13(6-4-12)23-15(17(21)22)9-19-16(20)14-8-10-1-2-11(14)7-10/h1-6,10-11,14-15H,7-9H2,(H,19,20)(H,21,22). The highest BCUT2D eigenvalue weighted by Crippen LogP contribution is 2.43. The quantitative estimate of drug-likeness (QED) is 0.786. The third kappa shape index (κ3) is 3.52. The van der Waals surface area contributed by atoms with Crippen LogP contribution < -0.4 is 10.1 Å². The number of carboxylic acids is 1. The van der Waals surface area contributed by atoms with E-state index in [0.29, 0.717) is 5.92 Å². The zero-order valence-corrected chi connectivity index (χ0v) is 12.4. The van der Waals surface area contributed by atoms with Crippen molar-refractivity contribution in [1.82, 2.24) is 5.32 Å². The van der Waals surface area contributed by atoms with E-state index in [1.165, 1.54) is 24.3 Å². The van der Waals surface area contributed by atoms with Crippen molar-refractivity contribution >= 4 is 11.9 Å². The Balaban J connectivity index is 1.55. The van der Waals surface area contributed by atoms with Crippen molar-refractivity contribution in [3.8, 4) is 5.75 Å². The molecule has 1 saturated carbocycles. The first-order chi connectivity index (χ1) is 11.0. The van der Waals surface area contributed by atoms with Crippen LogP contribution in [0.25, 0.3) is 0 Å². The van der Waals surface area contributed by atoms with Crippen LogP contribution in [-0.2, 0) is 9.59 Å². The highest BCUT2D eigenvalue weighted by atomic mass is 19.1. The number of benzene rings is 1. The highest BCUT2D eigenvalue weighted by Gasteiger charge is 2.40. The Morgan fingerprint density at radius 1 is 1.26 bits per heavy atom. The molecule has 2 N–H and O–H groups in total. The fourth-order valence-electron chi connectivity index (χ4n) is 3.26. The molecular formula is C17H18FNO4. The molecule has 4 atom stereocenters. The van der Waals surface area contributed by atoms with Gasteiger partial charge in [0.15, 0.2) is 0 Å². The topological polar surface area (TPSA) is 75.6 Å². The number of amides is 1. The summed E-state index contributed by atoms with van der Waals surface area (Å²) in [5.74, 6) is -0.830. The largest absolute Gasteiger partial charge is 0.478 e. The fourth-order valence-corrected chi connectivity index (χ4v) is 3.26. The number of fused-ring (bicyclic) bond motifs is 2. The van der Waals surface area contributed by atoms with Crippen LogP contribution in [0.1, 0.15) is 12.8 Å². The van der Waals surface area contributed by atoms with E-state index in [0.717, 1.165) is 12.8 Å². The van der Waals surface area contributed by atoms with Crippen LogP contribution in [0.15, 0.2) is 36.4 Å². The van der Waals surface area contributed by atoms with Gasteiger partial charge in [-0.05, 0) is 48.9 Å². The molecule has 2 aliphatic rings. The Hall–Kier alpha value is -2.37. The molecule has 23 heavy (non-hydrogen) atoms. The lowest BCUT2D eigenvalue weighted by Crippen LogP contribution is -2.43. The number of carbonyl (C=O) groups is 2. The average Bonchev–Trinajstić information content (AvgIpc) is 3.15. The molecule has 122 valence electrons. The summed E-state index contributed by atoms with van der Waals surface area (Å²) in [6, 6.07) is 5.09. The molecule has 2 aliphatic carbocycles. The van der Waals surface area contributed by atoms with Gasteiger partial charge in [-0.15, -0.1) is 0 Å². The molecule has 1 aromatic rings. The van der Waals surface area contributed by atoms with Gasteiger partial charge < -0.3 is 15.2 Å². The number of ether oxygens (including phenoxy) is 1. The molecule has 2 bridgehead atoms. The predicted octanol–water partition coefficient (Wildman–Crippen LogP) is 1.99. The lowest BCUT2D eigenvalue weighted by Gasteiger charge is -2.20. The average molecular weight is 319 g/mol. The first-order valence-electron chi connectivity index (χ1n) is 7.64. The molecule has 6 heteroatoms. The number of carbonyl (C=O) groups excluding carboxylic acids is 1. The predicted molar refractivity (Wildman–Crippen MR) is 80.3 cm³/mol. The number of carboxylic acid groups (broad SMARTS) is 1. The minimum absolute atomic E-state index is 0.0785. The molecular weight excluding hydrogens is 301 g/mol. The molecule has 4 unspecified atom stereocenters. The van der Waals surface area contributed by atoms with Crippen molar-refractivity contribution in [1.29, 1.82) is 0 Å². The van der Waals surface area contributed by atoms with E-state index in [1.807, 2.05) is 0 Å². The molecule has 0 aromatic heterocycles. The minimum atomic E-state index is -1.21. The number of nitrogens with one attached hydrogen (secondary N) is 1. The van der Waals surface area contributed by atoms with Crippen molar-refractivity contribution in [2.24, 2.45) is 17.8 Å². The summed E-state index contributed by atoms with van der Waals surface area (Å²) >= 11 is 0. The van der Waals surface area contributed by atoms with Crippen molar-refractivity contribution in [3.63, 3.8) is 0 Å². The van der Waals surface area contributed by atoms with Gasteiger partial charge in [-0.1, -0.05) is 12.2 Å². The maximum absolute atomic E-state index is 12.8. The maximum atomic E-state index is 12.8. The molecule has 1 amide bonds. The Morgan fingerprint density at radius 2 is 2.00 bits per heavy atom. The molecule has 0 saturated heterocycles. The van der Waals surface area contributed by atoms with Gasteiger partial charge in [0.05, 0.1) is 6.54 Å². The first-order valence-corrected chi connectivity index (χ1v) is 7.64. The molecule has 0 heterocycles. The molecule has 1 aromatic carbocycles. The second-order valence-electron chi connectivity index (χ2n) is 6.03. The molecule has 0 spiro atoms. The minimum Gasteiger partial charge on any atom is -0.478 e. The van der Waals surface area contributed by atoms with E-state index in [1.54, 1.807) is 0 Å². The van der Waals surface area contributed by atoms with Crippen LogP contribution in [-0.4, -0.2) is 29.6 Å². The van der Waals surface area contributed by atoms with E-state index in [9.17, 15) is 19.1 Å². The van der Waals surface area contributed by atoms with E-state index in [4.69, 9.17) is 4.74 Å². The number of rotatable bonds is 6. The van der Waals surface area contributed by atoms with Crippen molar-refractivity contribution in [2.75, 3.05) is 6.54 Å². The van der Waals surface area contributed by atoms with Gasteiger partial charge in [-0.3, -0.25) is 4.79 Å². The van der Waals surface area contributed by atoms with Crippen LogP contribution in [0, 0.1) is 23.6 Å². The smallest absolute Gasteiger partial charge is 0.346 e. The molecule has 1 fully saturated rings. The molecule has 0 aliphatic heterocycles. The molecule has 5 nitrogen and oxygen atoms in total. The second kappa shape index (κ2) is 6.40. The zero-order chi connectivity index (χ0) is 16.4. The summed E-state index contributed by atoms with van der Waals surface area (Å²) in [4.78, 5) is 23.5. The zero-order valence-electron chi connectivity index (χ0n) is 12.4. The van der Waals surface area contributed by atoms with Crippen molar-refractivity contribution < 1.29 is 23.8 Å². The molecule has 3 rings (SSSR count). The van der Waals surface area contributed by atoms with Gasteiger partial charge in [-0.25, -0.2) is 9.18 Å². The fraction of sp³-hybridized carbons (Fsp3) is 0.412. The summed E-state index contributed by atoms with van der Waals surface area (Å²) < 4.78 is 18.2. The number of aliphatic carboxylic acids is 1. The van der Waals surface area contributed by atoms with E-state index in [2.05, 4.69) is 17.5 Å². The maximum Gasteiger partial charge on any atom is 0.346 e. The van der Waals surface area contributed by atoms with E-state index < -0.39 is 17.9 Å². The van der Waals surface area contributed by atoms with E-state index in [-0.39, 0.29) is 30.0 Å². The number of hydrogen-bond acceptors (Lipinski definition) is 3. The van der Waals surface area contributed by atoms with Gasteiger partial charge in [0, 0.05) is 5.92 Å². The Morgan fingerprint density at radius 3 is 2.57 bits per heavy atom.